The molecule has 0 amide bonds. The van der Waals surface area contributed by atoms with Crippen LogP contribution >= 0.6 is 12.2 Å². The average Bonchev–Trinajstić information content (AvgIpc) is 2.05. The van der Waals surface area contributed by atoms with Crippen LogP contribution < -0.4 is 11.2 Å². The molecule has 12 heavy (non-hydrogen) atoms. The number of hydrogen-bond donors (Lipinski definition) is 2. The molecule has 0 aliphatic rings. The second-order valence-electron chi connectivity index (χ2n) is 1.84. The molecule has 0 unspecified atom stereocenters. The van der Waals surface area contributed by atoms with E-state index in [4.69, 9.17) is 5.73 Å². The summed E-state index contributed by atoms with van der Waals surface area (Å²) >= 11 is 4.52. The van der Waals surface area contributed by atoms with E-state index >= 15 is 0 Å². The monoisotopic (exact) mass is 181 g/mol. The second-order valence-corrected chi connectivity index (χ2v) is 2.28. The minimum Gasteiger partial charge on any atom is -0.375 e. The van der Waals surface area contributed by atoms with Crippen molar-refractivity contribution in [3.63, 3.8) is 0 Å². The molecule has 0 saturated heterocycles. The number of hydrazone groups is 1. The summed E-state index contributed by atoms with van der Waals surface area (Å²) < 4.78 is 0. The number of nitrogens with two attached hydrogens (primary N) is 1. The van der Waals surface area contributed by atoms with Crippen LogP contribution in [-0.2, 0) is 0 Å². The van der Waals surface area contributed by atoms with Crippen LogP contribution in [0.5, 0.6) is 0 Å². The maximum Gasteiger partial charge on any atom is 0.184 e. The molecule has 0 radical (unpaired) electrons. The Morgan fingerprint density at radius 3 is 2.83 bits per heavy atom. The van der Waals surface area contributed by atoms with Gasteiger partial charge in [-0.05, 0) is 18.3 Å². The summed E-state index contributed by atoms with van der Waals surface area (Å²) in [5.74, 6) is 0.501. The SMILES string of the molecule is NC(=S)N/N=C/c1ncccn1. The molecule has 5 nitrogen and oxygen atoms in total. The molecule has 1 aromatic heterocycles. The summed E-state index contributed by atoms with van der Waals surface area (Å²) in [6, 6.07) is 1.72. The quantitative estimate of drug-likeness (QED) is 0.370. The van der Waals surface area contributed by atoms with Gasteiger partial charge in [0.2, 0.25) is 0 Å². The van der Waals surface area contributed by atoms with Crippen molar-refractivity contribution in [2.45, 2.75) is 0 Å². The highest BCUT2D eigenvalue weighted by molar-refractivity contribution is 7.80. The third-order valence-electron chi connectivity index (χ3n) is 0.941. The van der Waals surface area contributed by atoms with E-state index in [2.05, 4.69) is 32.7 Å². The number of nitrogens with one attached hydrogen (secondary N) is 1. The first-order valence-corrected chi connectivity index (χ1v) is 3.55. The first-order chi connectivity index (χ1) is 5.79. The Labute approximate surface area is 74.7 Å². The van der Waals surface area contributed by atoms with Gasteiger partial charge in [-0.2, -0.15) is 5.10 Å². The van der Waals surface area contributed by atoms with Crippen molar-refractivity contribution in [2.24, 2.45) is 10.8 Å². The van der Waals surface area contributed by atoms with Crippen LogP contribution in [0.3, 0.4) is 0 Å². The van der Waals surface area contributed by atoms with Gasteiger partial charge in [-0.15, -0.1) is 0 Å². The summed E-state index contributed by atoms with van der Waals surface area (Å²) in [5.41, 5.74) is 7.52. The molecule has 0 aliphatic carbocycles. The Morgan fingerprint density at radius 1 is 1.58 bits per heavy atom. The Balaban J connectivity index is 2.52. The predicted octanol–water partition coefficient (Wildman–Crippen LogP) is -0.356. The molecule has 3 N–H and O–H groups in total. The van der Waals surface area contributed by atoms with Gasteiger partial charge in [0.05, 0.1) is 6.21 Å². The van der Waals surface area contributed by atoms with E-state index in [1.54, 1.807) is 18.5 Å². The minimum atomic E-state index is 0.113. The second kappa shape index (κ2) is 4.35. The molecule has 0 fully saturated rings. The molecule has 6 heteroatoms. The molecule has 0 aliphatic heterocycles. The largest absolute Gasteiger partial charge is 0.375 e. The van der Waals surface area contributed by atoms with E-state index in [9.17, 15) is 0 Å². The highest BCUT2D eigenvalue weighted by Crippen LogP contribution is 1.80. The molecular weight excluding hydrogens is 174 g/mol. The number of thiocarbonyl (C=S) groups is 1. The molecule has 0 aromatic carbocycles. The van der Waals surface area contributed by atoms with Crippen molar-refractivity contribution in [3.05, 3.63) is 24.3 Å². The third-order valence-corrected chi connectivity index (χ3v) is 1.03. The molecule has 62 valence electrons. The minimum absolute atomic E-state index is 0.113. The molecule has 0 atom stereocenters. The predicted molar refractivity (Wildman–Crippen MR) is 49.5 cm³/mol. The highest BCUT2D eigenvalue weighted by Gasteiger charge is 1.85. The van der Waals surface area contributed by atoms with Gasteiger partial charge in [0.25, 0.3) is 0 Å². The molecule has 0 saturated carbocycles. The summed E-state index contributed by atoms with van der Waals surface area (Å²) in [5, 5.41) is 3.79. The van der Waals surface area contributed by atoms with Gasteiger partial charge in [0.15, 0.2) is 10.9 Å². The van der Waals surface area contributed by atoms with Crippen LogP contribution in [-0.4, -0.2) is 21.3 Å². The van der Waals surface area contributed by atoms with Gasteiger partial charge >= 0.3 is 0 Å². The first kappa shape index (κ1) is 8.54. The van der Waals surface area contributed by atoms with Crippen molar-refractivity contribution in [1.82, 2.24) is 15.4 Å². The number of nitrogens with zero attached hydrogens (tertiary/aromatic N) is 3. The van der Waals surface area contributed by atoms with E-state index in [-0.39, 0.29) is 5.11 Å². The van der Waals surface area contributed by atoms with E-state index in [0.29, 0.717) is 5.82 Å². The highest BCUT2D eigenvalue weighted by atomic mass is 32.1. The standard InChI is InChI=1S/C6H7N5S/c7-6(12)11-10-4-5-8-2-1-3-9-5/h1-4H,(H3,7,11,12)/b10-4+. The van der Waals surface area contributed by atoms with E-state index in [1.165, 1.54) is 6.21 Å². The molecule has 1 aromatic rings. The van der Waals surface area contributed by atoms with Crippen molar-refractivity contribution < 1.29 is 0 Å². The third kappa shape index (κ3) is 3.02. The summed E-state index contributed by atoms with van der Waals surface area (Å²) in [7, 11) is 0. The number of hydrogen-bond acceptors (Lipinski definition) is 4. The van der Waals surface area contributed by atoms with Crippen LogP contribution in [0.1, 0.15) is 5.82 Å². The topological polar surface area (TPSA) is 76.2 Å². The Hall–Kier alpha value is -1.56. The smallest absolute Gasteiger partial charge is 0.184 e. The first-order valence-electron chi connectivity index (χ1n) is 3.14. The molecular formula is C6H7N5S. The maximum absolute atomic E-state index is 5.12. The average molecular weight is 181 g/mol. The fourth-order valence-electron chi connectivity index (χ4n) is 0.531. The molecule has 1 rings (SSSR count). The summed E-state index contributed by atoms with van der Waals surface area (Å²) in [6.07, 6.45) is 4.67. The van der Waals surface area contributed by atoms with Crippen LogP contribution in [0, 0.1) is 0 Å². The fraction of sp³-hybridized carbons (Fsp3) is 0. The van der Waals surface area contributed by atoms with Gasteiger partial charge in [-0.25, -0.2) is 9.97 Å². The molecule has 0 bridgehead atoms. The van der Waals surface area contributed by atoms with Gasteiger partial charge in [-0.3, -0.25) is 5.43 Å². The molecule has 1 heterocycles. The zero-order valence-corrected chi connectivity index (χ0v) is 6.95. The lowest BCUT2D eigenvalue weighted by molar-refractivity contribution is 1.03. The zero-order valence-electron chi connectivity index (χ0n) is 6.14. The Kier molecular flexibility index (Phi) is 3.09. The van der Waals surface area contributed by atoms with Crippen LogP contribution in [0.4, 0.5) is 0 Å². The van der Waals surface area contributed by atoms with Gasteiger partial charge in [0, 0.05) is 12.4 Å². The lowest BCUT2D eigenvalue weighted by Gasteiger charge is -1.92. The lowest BCUT2D eigenvalue weighted by atomic mass is 10.6. The van der Waals surface area contributed by atoms with Gasteiger partial charge in [-0.1, -0.05) is 0 Å². The van der Waals surface area contributed by atoms with Crippen molar-refractivity contribution in [1.29, 1.82) is 0 Å². The summed E-state index contributed by atoms with van der Waals surface area (Å²) in [6.45, 7) is 0. The molecule has 0 spiro atoms. The van der Waals surface area contributed by atoms with Crippen LogP contribution in [0.25, 0.3) is 0 Å². The summed E-state index contributed by atoms with van der Waals surface area (Å²) in [4.78, 5) is 7.78. The fourth-order valence-corrected chi connectivity index (χ4v) is 0.584. The van der Waals surface area contributed by atoms with Gasteiger partial charge < -0.3 is 5.73 Å². The van der Waals surface area contributed by atoms with Crippen LogP contribution in [0.2, 0.25) is 0 Å². The van der Waals surface area contributed by atoms with Gasteiger partial charge in [0.1, 0.15) is 0 Å². The Morgan fingerprint density at radius 2 is 2.25 bits per heavy atom. The zero-order chi connectivity index (χ0) is 8.81. The van der Waals surface area contributed by atoms with E-state index in [1.807, 2.05) is 0 Å². The van der Waals surface area contributed by atoms with Crippen LogP contribution in [0.15, 0.2) is 23.6 Å². The Bertz CT molecular complexity index is 283. The number of aromatic nitrogens is 2. The van der Waals surface area contributed by atoms with Crippen molar-refractivity contribution in [3.8, 4) is 0 Å². The number of rotatable bonds is 2. The van der Waals surface area contributed by atoms with E-state index < -0.39 is 0 Å². The van der Waals surface area contributed by atoms with E-state index in [0.717, 1.165) is 0 Å². The van der Waals surface area contributed by atoms with Crippen molar-refractivity contribution >= 4 is 23.5 Å². The normalized spacial score (nSPS) is 10.0. The maximum atomic E-state index is 5.12. The lowest BCUT2D eigenvalue weighted by Crippen LogP contribution is -2.24. The van der Waals surface area contributed by atoms with Crippen molar-refractivity contribution in [2.75, 3.05) is 0 Å².